The highest BCUT2D eigenvalue weighted by Gasteiger charge is 2.02. The molecule has 0 fully saturated rings. The number of phenolic OH excluding ortho intramolecular Hbond substituents is 1. The summed E-state index contributed by atoms with van der Waals surface area (Å²) in [6.07, 6.45) is 0. The molecule has 4 nitrogen and oxygen atoms in total. The van der Waals surface area contributed by atoms with E-state index in [-0.39, 0.29) is 11.7 Å². The summed E-state index contributed by atoms with van der Waals surface area (Å²) in [4.78, 5) is 10.6. The Kier molecular flexibility index (Phi) is 3.23. The van der Waals surface area contributed by atoms with Crippen molar-refractivity contribution in [3.63, 3.8) is 0 Å². The van der Waals surface area contributed by atoms with Crippen LogP contribution in [0.1, 0.15) is 19.4 Å². The zero-order valence-corrected chi connectivity index (χ0v) is 8.11. The average molecular weight is 192 g/mol. The van der Waals surface area contributed by atoms with Gasteiger partial charge in [-0.15, -0.1) is 0 Å². The summed E-state index contributed by atoms with van der Waals surface area (Å²) in [5.74, 6) is -0.0844. The molecule has 74 valence electrons. The number of hydrogen-bond donors (Lipinski definition) is 2. The largest absolute Gasteiger partial charge is 0.507 e. The normalized spacial score (nSPS) is 11.1. The van der Waals surface area contributed by atoms with Crippen LogP contribution in [0.2, 0.25) is 0 Å². The lowest BCUT2D eigenvalue weighted by molar-refractivity contribution is -0.118. The Balaban J connectivity index is 2.89. The summed E-state index contributed by atoms with van der Waals surface area (Å²) >= 11 is 0. The van der Waals surface area contributed by atoms with Gasteiger partial charge in [0.05, 0.1) is 5.71 Å². The molecule has 0 saturated heterocycles. The van der Waals surface area contributed by atoms with Crippen molar-refractivity contribution in [3.05, 3.63) is 29.8 Å². The van der Waals surface area contributed by atoms with Gasteiger partial charge in [-0.25, -0.2) is 5.43 Å². The predicted octanol–water partition coefficient (Wildman–Crippen LogP) is 1.25. The Labute approximate surface area is 82.3 Å². The predicted molar refractivity (Wildman–Crippen MR) is 54.1 cm³/mol. The fourth-order valence-corrected chi connectivity index (χ4v) is 1.00. The molecular weight excluding hydrogens is 180 g/mol. The lowest BCUT2D eigenvalue weighted by Gasteiger charge is -2.02. The number of benzene rings is 1. The number of amides is 1. The van der Waals surface area contributed by atoms with E-state index in [2.05, 4.69) is 10.5 Å². The van der Waals surface area contributed by atoms with Gasteiger partial charge in [0.15, 0.2) is 0 Å². The molecule has 0 saturated carbocycles. The van der Waals surface area contributed by atoms with Crippen molar-refractivity contribution >= 4 is 11.6 Å². The number of nitrogens with zero attached hydrogens (tertiary/aromatic N) is 1. The van der Waals surface area contributed by atoms with Crippen LogP contribution in [-0.2, 0) is 4.79 Å². The topological polar surface area (TPSA) is 61.7 Å². The van der Waals surface area contributed by atoms with Crippen molar-refractivity contribution in [3.8, 4) is 5.75 Å². The first-order chi connectivity index (χ1) is 6.61. The Bertz CT molecular complexity index is 372. The van der Waals surface area contributed by atoms with Crippen molar-refractivity contribution in [2.24, 2.45) is 5.10 Å². The molecule has 0 bridgehead atoms. The van der Waals surface area contributed by atoms with Gasteiger partial charge in [0.2, 0.25) is 5.91 Å². The first-order valence-electron chi connectivity index (χ1n) is 4.20. The number of para-hydroxylation sites is 1. The lowest BCUT2D eigenvalue weighted by atomic mass is 10.1. The average Bonchev–Trinajstić information content (AvgIpc) is 2.15. The molecule has 0 heterocycles. The van der Waals surface area contributed by atoms with E-state index in [9.17, 15) is 9.90 Å². The number of aromatic hydroxyl groups is 1. The van der Waals surface area contributed by atoms with Gasteiger partial charge in [0, 0.05) is 12.5 Å². The molecule has 14 heavy (non-hydrogen) atoms. The fraction of sp³-hybridized carbons (Fsp3) is 0.200. The molecule has 0 unspecified atom stereocenters. The van der Waals surface area contributed by atoms with Crippen molar-refractivity contribution in [2.75, 3.05) is 0 Å². The van der Waals surface area contributed by atoms with Gasteiger partial charge in [-0.2, -0.15) is 5.10 Å². The molecule has 4 heteroatoms. The maximum Gasteiger partial charge on any atom is 0.236 e. The molecule has 0 aliphatic rings. The maximum atomic E-state index is 10.6. The van der Waals surface area contributed by atoms with E-state index >= 15 is 0 Å². The second-order valence-corrected chi connectivity index (χ2v) is 2.88. The van der Waals surface area contributed by atoms with Crippen LogP contribution in [0.5, 0.6) is 5.75 Å². The molecule has 0 aliphatic heterocycles. The van der Waals surface area contributed by atoms with E-state index < -0.39 is 0 Å². The summed E-state index contributed by atoms with van der Waals surface area (Å²) < 4.78 is 0. The van der Waals surface area contributed by atoms with Crippen LogP contribution in [0.4, 0.5) is 0 Å². The smallest absolute Gasteiger partial charge is 0.236 e. The van der Waals surface area contributed by atoms with Gasteiger partial charge in [-0.3, -0.25) is 4.79 Å². The van der Waals surface area contributed by atoms with E-state index in [1.54, 1.807) is 31.2 Å². The number of rotatable bonds is 2. The van der Waals surface area contributed by atoms with Gasteiger partial charge in [-0.05, 0) is 19.1 Å². The summed E-state index contributed by atoms with van der Waals surface area (Å²) in [5, 5.41) is 13.3. The van der Waals surface area contributed by atoms with Gasteiger partial charge in [-0.1, -0.05) is 12.1 Å². The number of carbonyl (C=O) groups excluding carboxylic acids is 1. The minimum Gasteiger partial charge on any atom is -0.507 e. The van der Waals surface area contributed by atoms with E-state index in [1.807, 2.05) is 0 Å². The van der Waals surface area contributed by atoms with Crippen molar-refractivity contribution < 1.29 is 9.90 Å². The van der Waals surface area contributed by atoms with Crippen molar-refractivity contribution in [1.29, 1.82) is 0 Å². The van der Waals surface area contributed by atoms with Crippen molar-refractivity contribution in [2.45, 2.75) is 13.8 Å². The summed E-state index contributed by atoms with van der Waals surface area (Å²) in [6.45, 7) is 3.09. The van der Waals surface area contributed by atoms with Crippen LogP contribution in [0.25, 0.3) is 0 Å². The Hall–Kier alpha value is -1.84. The molecule has 0 aromatic heterocycles. The molecule has 1 aromatic carbocycles. The van der Waals surface area contributed by atoms with Crippen LogP contribution in [-0.4, -0.2) is 16.7 Å². The monoisotopic (exact) mass is 192 g/mol. The number of nitrogens with one attached hydrogen (secondary N) is 1. The standard InChI is InChI=1S/C10H12N2O2/c1-7(11-12-8(2)13)9-5-3-4-6-10(9)14/h3-6,14H,1-2H3,(H,12,13)/b11-7-. The second kappa shape index (κ2) is 4.41. The maximum absolute atomic E-state index is 10.6. The molecule has 0 atom stereocenters. The van der Waals surface area contributed by atoms with Gasteiger partial charge < -0.3 is 5.11 Å². The molecular formula is C10H12N2O2. The van der Waals surface area contributed by atoms with Gasteiger partial charge in [0.25, 0.3) is 0 Å². The molecule has 0 radical (unpaired) electrons. The minimum atomic E-state index is -0.236. The van der Waals surface area contributed by atoms with Gasteiger partial charge >= 0.3 is 0 Å². The van der Waals surface area contributed by atoms with Crippen LogP contribution in [0.3, 0.4) is 0 Å². The number of hydrazone groups is 1. The van der Waals surface area contributed by atoms with Crippen molar-refractivity contribution in [1.82, 2.24) is 5.43 Å². The van der Waals surface area contributed by atoms with Crippen LogP contribution < -0.4 is 5.43 Å². The van der Waals surface area contributed by atoms with E-state index in [0.717, 1.165) is 0 Å². The third-order valence-electron chi connectivity index (χ3n) is 1.67. The molecule has 1 rings (SSSR count). The van der Waals surface area contributed by atoms with Crippen LogP contribution in [0, 0.1) is 0 Å². The van der Waals surface area contributed by atoms with Crippen LogP contribution in [0.15, 0.2) is 29.4 Å². The highest BCUT2D eigenvalue weighted by molar-refractivity contribution is 6.01. The van der Waals surface area contributed by atoms with Crippen LogP contribution >= 0.6 is 0 Å². The first kappa shape index (κ1) is 10.2. The van der Waals surface area contributed by atoms with E-state index in [1.165, 1.54) is 6.92 Å². The number of carbonyl (C=O) groups is 1. The quantitative estimate of drug-likeness (QED) is 0.547. The zero-order valence-electron chi connectivity index (χ0n) is 8.11. The molecule has 0 spiro atoms. The Morgan fingerprint density at radius 1 is 1.36 bits per heavy atom. The van der Waals surface area contributed by atoms with E-state index in [4.69, 9.17) is 0 Å². The summed E-state index contributed by atoms with van der Waals surface area (Å²) in [6, 6.07) is 6.82. The number of phenols is 1. The molecule has 0 aliphatic carbocycles. The fourth-order valence-electron chi connectivity index (χ4n) is 1.00. The SMILES string of the molecule is CC(=O)N/N=C(/C)c1ccccc1O. The highest BCUT2D eigenvalue weighted by atomic mass is 16.3. The second-order valence-electron chi connectivity index (χ2n) is 2.88. The molecule has 1 aromatic rings. The number of hydrogen-bond acceptors (Lipinski definition) is 3. The highest BCUT2D eigenvalue weighted by Crippen LogP contribution is 2.15. The minimum absolute atomic E-state index is 0.152. The Morgan fingerprint density at radius 3 is 2.57 bits per heavy atom. The third-order valence-corrected chi connectivity index (χ3v) is 1.67. The third kappa shape index (κ3) is 2.58. The first-order valence-corrected chi connectivity index (χ1v) is 4.20. The lowest BCUT2D eigenvalue weighted by Crippen LogP contribution is -2.15. The summed E-state index contributed by atoms with van der Waals surface area (Å²) in [5.41, 5.74) is 3.49. The molecule has 2 N–H and O–H groups in total. The zero-order chi connectivity index (χ0) is 10.6. The van der Waals surface area contributed by atoms with Gasteiger partial charge in [0.1, 0.15) is 5.75 Å². The molecule has 1 amide bonds. The van der Waals surface area contributed by atoms with E-state index in [0.29, 0.717) is 11.3 Å². The Morgan fingerprint density at radius 2 is 2.00 bits per heavy atom. The summed E-state index contributed by atoms with van der Waals surface area (Å²) in [7, 11) is 0.